The Morgan fingerprint density at radius 3 is 2.34 bits per heavy atom. The number of hydrogen-bond donors (Lipinski definition) is 2. The molecule has 2 N–H and O–H groups in total. The topological polar surface area (TPSA) is 70.0 Å². The van der Waals surface area contributed by atoms with E-state index in [1.165, 1.54) is 38.5 Å². The summed E-state index contributed by atoms with van der Waals surface area (Å²) in [5.41, 5.74) is 0.628. The standard InChI is InChI=1S/C30H49NO4/c1-17-14-19(15-31(7)18(2)32)35-24-23(17)27(5)12-13-30-16-29(30)11-10-22(33)26(3,4)20(29)8-9-21(30)28(27,6)25(24)34/h17,19-25,33-34H,8-16H2,1-7H3. The van der Waals surface area contributed by atoms with Gasteiger partial charge in [-0.05, 0) is 96.7 Å². The van der Waals surface area contributed by atoms with E-state index in [0.717, 1.165) is 12.8 Å². The van der Waals surface area contributed by atoms with E-state index in [1.54, 1.807) is 11.8 Å². The lowest BCUT2D eigenvalue weighted by Gasteiger charge is -2.63. The largest absolute Gasteiger partial charge is 0.393 e. The number of hydrogen-bond acceptors (Lipinski definition) is 4. The smallest absolute Gasteiger partial charge is 0.219 e. The van der Waals surface area contributed by atoms with Crippen molar-refractivity contribution in [3.63, 3.8) is 0 Å². The van der Waals surface area contributed by atoms with Crippen LogP contribution in [-0.4, -0.2) is 59.0 Å². The molecule has 5 heteroatoms. The van der Waals surface area contributed by atoms with E-state index in [9.17, 15) is 15.0 Å². The average Bonchev–Trinajstić information content (AvgIpc) is 3.41. The maximum absolute atomic E-state index is 12.2. The van der Waals surface area contributed by atoms with Crippen molar-refractivity contribution in [1.29, 1.82) is 0 Å². The van der Waals surface area contributed by atoms with Gasteiger partial charge in [0.2, 0.25) is 5.91 Å². The molecule has 198 valence electrons. The van der Waals surface area contributed by atoms with Gasteiger partial charge in [0.05, 0.1) is 24.4 Å². The lowest BCUT2D eigenvalue weighted by molar-refractivity contribution is -0.182. The fraction of sp³-hybridized carbons (Fsp3) is 0.967. The van der Waals surface area contributed by atoms with Gasteiger partial charge in [-0.3, -0.25) is 4.79 Å². The number of aliphatic hydroxyl groups is 2. The minimum atomic E-state index is -0.455. The quantitative estimate of drug-likeness (QED) is 0.595. The first-order chi connectivity index (χ1) is 16.3. The summed E-state index contributed by atoms with van der Waals surface area (Å²) in [4.78, 5) is 13.6. The Balaban J connectivity index is 1.33. The van der Waals surface area contributed by atoms with Crippen molar-refractivity contribution in [3.05, 3.63) is 0 Å². The van der Waals surface area contributed by atoms with E-state index < -0.39 is 6.10 Å². The predicted octanol–water partition coefficient (Wildman–Crippen LogP) is 4.64. The van der Waals surface area contributed by atoms with Gasteiger partial charge in [-0.1, -0.05) is 34.6 Å². The van der Waals surface area contributed by atoms with Gasteiger partial charge in [-0.15, -0.1) is 0 Å². The van der Waals surface area contributed by atoms with Crippen LogP contribution in [0.25, 0.3) is 0 Å². The van der Waals surface area contributed by atoms with Crippen LogP contribution in [0.15, 0.2) is 0 Å². The highest BCUT2D eigenvalue weighted by molar-refractivity contribution is 5.72. The van der Waals surface area contributed by atoms with Crippen LogP contribution in [0.5, 0.6) is 0 Å². The van der Waals surface area contributed by atoms with Crippen LogP contribution >= 0.6 is 0 Å². The Labute approximate surface area is 212 Å². The van der Waals surface area contributed by atoms with E-state index in [4.69, 9.17) is 4.74 Å². The molecule has 0 aromatic rings. The number of carbonyl (C=O) groups is 1. The number of aliphatic hydroxyl groups excluding tert-OH is 2. The Bertz CT molecular complexity index is 920. The molecule has 5 saturated carbocycles. The van der Waals surface area contributed by atoms with E-state index >= 15 is 0 Å². The number of amides is 1. The van der Waals surface area contributed by atoms with E-state index in [-0.39, 0.29) is 40.5 Å². The molecule has 0 bridgehead atoms. The molecule has 0 aromatic heterocycles. The molecule has 5 nitrogen and oxygen atoms in total. The maximum atomic E-state index is 12.2. The third kappa shape index (κ3) is 2.74. The molecule has 0 aromatic carbocycles. The molecular formula is C30H49NO4. The average molecular weight is 488 g/mol. The number of fused-ring (bicyclic) bond motifs is 4. The van der Waals surface area contributed by atoms with Crippen molar-refractivity contribution in [2.75, 3.05) is 13.6 Å². The highest BCUT2D eigenvalue weighted by Gasteiger charge is 2.84. The van der Waals surface area contributed by atoms with Gasteiger partial charge >= 0.3 is 0 Å². The fourth-order valence-corrected chi connectivity index (χ4v) is 11.9. The monoisotopic (exact) mass is 487 g/mol. The van der Waals surface area contributed by atoms with Crippen molar-refractivity contribution >= 4 is 5.91 Å². The molecule has 5 aliphatic carbocycles. The van der Waals surface area contributed by atoms with E-state index in [1.807, 2.05) is 7.05 Å². The van der Waals surface area contributed by atoms with Crippen molar-refractivity contribution in [2.45, 2.75) is 117 Å². The van der Waals surface area contributed by atoms with Gasteiger partial charge in [-0.2, -0.15) is 0 Å². The lowest BCUT2D eigenvalue weighted by atomic mass is 9.41. The van der Waals surface area contributed by atoms with Gasteiger partial charge in [0.15, 0.2) is 0 Å². The SMILES string of the molecule is CC(=O)N(C)CC1CC(C)C2C(O1)C(O)C1(C)C3CCC4C(C)(C)C(O)CCC45CC35CCC21C. The van der Waals surface area contributed by atoms with Gasteiger partial charge in [0.25, 0.3) is 0 Å². The first-order valence-electron chi connectivity index (χ1n) is 14.5. The van der Waals surface area contributed by atoms with Crippen LogP contribution < -0.4 is 0 Å². The van der Waals surface area contributed by atoms with Crippen molar-refractivity contribution in [1.82, 2.24) is 4.90 Å². The summed E-state index contributed by atoms with van der Waals surface area (Å²) in [6, 6.07) is 0. The molecule has 2 spiro atoms. The van der Waals surface area contributed by atoms with Crippen molar-refractivity contribution < 1.29 is 19.7 Å². The molecule has 6 rings (SSSR count). The minimum Gasteiger partial charge on any atom is -0.393 e. The Morgan fingerprint density at radius 1 is 1.00 bits per heavy atom. The van der Waals surface area contributed by atoms with Gasteiger partial charge in [0, 0.05) is 25.9 Å². The van der Waals surface area contributed by atoms with E-state index in [2.05, 4.69) is 34.6 Å². The summed E-state index contributed by atoms with van der Waals surface area (Å²) in [6.07, 6.45) is 8.43. The predicted molar refractivity (Wildman–Crippen MR) is 135 cm³/mol. The van der Waals surface area contributed by atoms with Crippen LogP contribution in [0.4, 0.5) is 0 Å². The third-order valence-electron chi connectivity index (χ3n) is 13.9. The minimum absolute atomic E-state index is 0.000233. The summed E-state index contributed by atoms with van der Waals surface area (Å²) >= 11 is 0. The normalized spacial score (nSPS) is 57.7. The number of nitrogens with zero attached hydrogens (tertiary/aromatic N) is 1. The van der Waals surface area contributed by atoms with Crippen molar-refractivity contribution in [3.8, 4) is 0 Å². The summed E-state index contributed by atoms with van der Waals surface area (Å²) in [5.74, 6) is 2.05. The molecule has 1 saturated heterocycles. The van der Waals surface area contributed by atoms with Crippen molar-refractivity contribution in [2.24, 2.45) is 50.7 Å². The zero-order valence-electron chi connectivity index (χ0n) is 23.1. The summed E-state index contributed by atoms with van der Waals surface area (Å²) < 4.78 is 6.74. The second-order valence-corrected chi connectivity index (χ2v) is 15.1. The Kier molecular flexibility index (Phi) is 5.12. The lowest BCUT2D eigenvalue weighted by Crippen LogP contribution is -2.59. The zero-order valence-corrected chi connectivity index (χ0v) is 23.1. The van der Waals surface area contributed by atoms with Crippen LogP contribution in [-0.2, 0) is 9.53 Å². The van der Waals surface area contributed by atoms with Crippen LogP contribution in [0.3, 0.4) is 0 Å². The van der Waals surface area contributed by atoms with Crippen LogP contribution in [0, 0.1) is 50.7 Å². The van der Waals surface area contributed by atoms with Crippen LogP contribution in [0.2, 0.25) is 0 Å². The third-order valence-corrected chi connectivity index (χ3v) is 13.9. The zero-order chi connectivity index (χ0) is 25.3. The molecule has 0 radical (unpaired) electrons. The summed E-state index contributed by atoms with van der Waals surface area (Å²) in [6.45, 7) is 14.2. The van der Waals surface area contributed by atoms with E-state index in [0.29, 0.717) is 41.0 Å². The molecular weight excluding hydrogens is 438 g/mol. The summed E-state index contributed by atoms with van der Waals surface area (Å²) in [7, 11) is 1.85. The number of likely N-dealkylation sites (N-methyl/N-ethyl adjacent to an activating group) is 1. The second kappa shape index (κ2) is 7.26. The van der Waals surface area contributed by atoms with Crippen LogP contribution in [0.1, 0.15) is 92.9 Å². The highest BCUT2D eigenvalue weighted by atomic mass is 16.5. The first kappa shape index (κ1) is 24.7. The molecule has 1 amide bonds. The molecule has 6 aliphatic rings. The first-order valence-corrected chi connectivity index (χ1v) is 14.5. The van der Waals surface area contributed by atoms with Gasteiger partial charge in [-0.25, -0.2) is 0 Å². The van der Waals surface area contributed by atoms with Gasteiger partial charge in [0.1, 0.15) is 0 Å². The fourth-order valence-electron chi connectivity index (χ4n) is 11.9. The highest BCUT2D eigenvalue weighted by Crippen LogP contribution is 2.89. The van der Waals surface area contributed by atoms with Gasteiger partial charge < -0.3 is 19.8 Å². The molecule has 12 atom stereocenters. The maximum Gasteiger partial charge on any atom is 0.219 e. The number of ether oxygens (including phenoxy) is 1. The molecule has 12 unspecified atom stereocenters. The second-order valence-electron chi connectivity index (χ2n) is 15.1. The molecule has 1 aliphatic heterocycles. The molecule has 6 fully saturated rings. The Morgan fingerprint density at radius 2 is 1.66 bits per heavy atom. The number of carbonyl (C=O) groups excluding carboxylic acids is 1. The molecule has 1 heterocycles. The Hall–Kier alpha value is -0.650. The molecule has 35 heavy (non-hydrogen) atoms. The number of rotatable bonds is 2. The summed E-state index contributed by atoms with van der Waals surface area (Å²) in [5, 5.41) is 23.1.